The van der Waals surface area contributed by atoms with Crippen LogP contribution in [0.1, 0.15) is 297 Å². The molecule has 0 saturated carbocycles. The van der Waals surface area contributed by atoms with Crippen molar-refractivity contribution in [2.24, 2.45) is 0 Å². The fraction of sp³-hybridized carbons (Fsp3) is 0.681. The van der Waals surface area contributed by atoms with Crippen LogP contribution in [0.4, 0.5) is 0 Å². The molecule has 6 nitrogen and oxygen atoms in total. The number of unbranched alkanes of at least 4 members (excludes halogenated alkanes) is 27. The number of carbonyl (C=O) groups excluding carboxylic acids is 3. The average Bonchev–Trinajstić information content (AvgIpc) is 3.44. The Morgan fingerprint density at radius 3 is 0.795 bits per heavy atom. The first-order valence-corrected chi connectivity index (χ1v) is 32.5. The second kappa shape index (κ2) is 65.3. The second-order valence-electron chi connectivity index (χ2n) is 21.3. The molecule has 444 valence electrons. The summed E-state index contributed by atoms with van der Waals surface area (Å²) in [5.41, 5.74) is 0. The van der Waals surface area contributed by atoms with Crippen LogP contribution in [-0.2, 0) is 28.6 Å². The van der Waals surface area contributed by atoms with Gasteiger partial charge in [0, 0.05) is 19.3 Å². The molecule has 0 radical (unpaired) electrons. The van der Waals surface area contributed by atoms with E-state index in [1.165, 1.54) is 116 Å². The number of hydrogen-bond donors (Lipinski definition) is 0. The first kappa shape index (κ1) is 73.8. The third-order valence-electron chi connectivity index (χ3n) is 13.7. The molecule has 0 heterocycles. The summed E-state index contributed by atoms with van der Waals surface area (Å²) in [6.45, 7) is 6.48. The standard InChI is InChI=1S/C72H120O6/c1-4-7-10-13-16-19-22-25-28-31-33-35-36-38-39-41-44-47-50-53-56-59-62-65-71(74)77-68-69(67-76-70(73)64-61-58-55-52-49-46-43-30-27-24-21-18-15-12-9-6-3)78-72(75)66-63-60-57-54-51-48-45-42-40-37-34-32-29-26-23-20-17-14-11-8-5-2/h7,10,16,19,21,23-26,28,30,32-35,38-39,43-44,47,69H,4-6,8-9,11-15,17-18,20,22,27,29,31,36-37,40-42,45-46,48-68H2,1-3H3/b10-7-,19-16-,24-21-,26-23-,28-25-,34-32-,35-33-,39-38-,43-30-,47-44-. The molecule has 0 aromatic heterocycles. The molecule has 0 aliphatic carbocycles. The van der Waals surface area contributed by atoms with E-state index in [4.69, 9.17) is 14.2 Å². The topological polar surface area (TPSA) is 78.9 Å². The Balaban J connectivity index is 4.47. The third kappa shape index (κ3) is 62.7. The van der Waals surface area contributed by atoms with Gasteiger partial charge in [0.15, 0.2) is 6.10 Å². The molecule has 1 unspecified atom stereocenters. The van der Waals surface area contributed by atoms with Crippen LogP contribution in [0, 0.1) is 0 Å². The van der Waals surface area contributed by atoms with E-state index < -0.39 is 6.10 Å². The Morgan fingerprint density at radius 1 is 0.269 bits per heavy atom. The molecule has 1 atom stereocenters. The zero-order chi connectivity index (χ0) is 56.4. The van der Waals surface area contributed by atoms with E-state index in [-0.39, 0.29) is 31.1 Å². The van der Waals surface area contributed by atoms with Gasteiger partial charge in [0.1, 0.15) is 13.2 Å². The van der Waals surface area contributed by atoms with Crippen molar-refractivity contribution in [3.05, 3.63) is 122 Å². The van der Waals surface area contributed by atoms with Crippen LogP contribution in [0.5, 0.6) is 0 Å². The van der Waals surface area contributed by atoms with E-state index >= 15 is 0 Å². The number of rotatable bonds is 58. The molecule has 0 rings (SSSR count). The minimum atomic E-state index is -0.802. The van der Waals surface area contributed by atoms with Crippen LogP contribution in [-0.4, -0.2) is 37.2 Å². The molecule has 0 amide bonds. The van der Waals surface area contributed by atoms with Crippen LogP contribution in [0.2, 0.25) is 0 Å². The highest BCUT2D eigenvalue weighted by molar-refractivity contribution is 5.71. The van der Waals surface area contributed by atoms with Gasteiger partial charge < -0.3 is 14.2 Å². The van der Waals surface area contributed by atoms with E-state index in [9.17, 15) is 14.4 Å². The summed E-state index contributed by atoms with van der Waals surface area (Å²) in [5, 5.41) is 0. The quantitative estimate of drug-likeness (QED) is 0.0261. The van der Waals surface area contributed by atoms with Crippen molar-refractivity contribution in [2.45, 2.75) is 303 Å². The van der Waals surface area contributed by atoms with Crippen molar-refractivity contribution >= 4 is 17.9 Å². The van der Waals surface area contributed by atoms with Gasteiger partial charge in [-0.1, -0.05) is 264 Å². The van der Waals surface area contributed by atoms with Crippen LogP contribution in [0.25, 0.3) is 0 Å². The fourth-order valence-electron chi connectivity index (χ4n) is 8.80. The number of carbonyl (C=O) groups is 3. The first-order chi connectivity index (χ1) is 38.5. The summed E-state index contributed by atoms with van der Waals surface area (Å²) in [4.78, 5) is 38.4. The molecule has 0 aliphatic heterocycles. The highest BCUT2D eigenvalue weighted by Crippen LogP contribution is 2.15. The first-order valence-electron chi connectivity index (χ1n) is 32.5. The predicted molar refractivity (Wildman–Crippen MR) is 339 cm³/mol. The lowest BCUT2D eigenvalue weighted by atomic mass is 10.1. The molecule has 0 aliphatic rings. The largest absolute Gasteiger partial charge is 0.462 e. The van der Waals surface area contributed by atoms with Crippen molar-refractivity contribution in [1.29, 1.82) is 0 Å². The molecule has 0 saturated heterocycles. The Hall–Kier alpha value is -4.19. The third-order valence-corrected chi connectivity index (χ3v) is 13.7. The van der Waals surface area contributed by atoms with E-state index in [0.717, 1.165) is 141 Å². The Labute approximate surface area is 482 Å². The van der Waals surface area contributed by atoms with Gasteiger partial charge in [-0.3, -0.25) is 14.4 Å². The van der Waals surface area contributed by atoms with Crippen molar-refractivity contribution in [3.63, 3.8) is 0 Å². The zero-order valence-corrected chi connectivity index (χ0v) is 50.9. The maximum Gasteiger partial charge on any atom is 0.306 e. The predicted octanol–water partition coefficient (Wildman–Crippen LogP) is 22.4. The zero-order valence-electron chi connectivity index (χ0n) is 50.9. The van der Waals surface area contributed by atoms with Gasteiger partial charge in [0.2, 0.25) is 0 Å². The molecular weight excluding hydrogens is 961 g/mol. The molecule has 6 heteroatoms. The van der Waals surface area contributed by atoms with Gasteiger partial charge in [-0.25, -0.2) is 0 Å². The molecule has 0 N–H and O–H groups in total. The summed E-state index contributed by atoms with van der Waals surface area (Å²) in [7, 11) is 0. The lowest BCUT2D eigenvalue weighted by Gasteiger charge is -2.18. The molecule has 0 bridgehead atoms. The lowest BCUT2D eigenvalue weighted by molar-refractivity contribution is -0.167. The number of allylic oxidation sites excluding steroid dienone is 20. The number of ether oxygens (including phenoxy) is 3. The van der Waals surface area contributed by atoms with Crippen molar-refractivity contribution in [2.75, 3.05) is 13.2 Å². The van der Waals surface area contributed by atoms with Gasteiger partial charge in [-0.05, 0) is 135 Å². The van der Waals surface area contributed by atoms with E-state index in [1.54, 1.807) is 0 Å². The highest BCUT2D eigenvalue weighted by Gasteiger charge is 2.19. The van der Waals surface area contributed by atoms with Crippen LogP contribution in [0.15, 0.2) is 122 Å². The molecule has 0 aromatic rings. The van der Waals surface area contributed by atoms with Gasteiger partial charge in [-0.15, -0.1) is 0 Å². The smallest absolute Gasteiger partial charge is 0.306 e. The number of esters is 3. The average molecular weight is 1080 g/mol. The van der Waals surface area contributed by atoms with Crippen molar-refractivity contribution in [1.82, 2.24) is 0 Å². The van der Waals surface area contributed by atoms with Crippen molar-refractivity contribution in [3.8, 4) is 0 Å². The molecule has 0 aromatic carbocycles. The Kier molecular flexibility index (Phi) is 61.8. The maximum atomic E-state index is 12.9. The highest BCUT2D eigenvalue weighted by atomic mass is 16.6. The summed E-state index contributed by atoms with van der Waals surface area (Å²) in [6, 6.07) is 0. The summed E-state index contributed by atoms with van der Waals surface area (Å²) in [5.74, 6) is -0.934. The van der Waals surface area contributed by atoms with E-state index in [0.29, 0.717) is 19.3 Å². The molecule has 78 heavy (non-hydrogen) atoms. The van der Waals surface area contributed by atoms with Crippen LogP contribution < -0.4 is 0 Å². The normalized spacial score (nSPS) is 12.9. The second-order valence-corrected chi connectivity index (χ2v) is 21.3. The van der Waals surface area contributed by atoms with Gasteiger partial charge in [0.25, 0.3) is 0 Å². The molecular formula is C72H120O6. The minimum absolute atomic E-state index is 0.0974. The Morgan fingerprint density at radius 2 is 0.500 bits per heavy atom. The summed E-state index contributed by atoms with van der Waals surface area (Å²) < 4.78 is 16.9. The van der Waals surface area contributed by atoms with Gasteiger partial charge in [0.05, 0.1) is 0 Å². The van der Waals surface area contributed by atoms with Gasteiger partial charge in [-0.2, -0.15) is 0 Å². The molecule has 0 spiro atoms. The maximum absolute atomic E-state index is 12.9. The van der Waals surface area contributed by atoms with Crippen LogP contribution >= 0.6 is 0 Å². The SMILES string of the molecule is CC/C=C\C/C=C\C/C=C\C/C=C\C/C=C\C/C=C\CCCCCCC(=O)OCC(COC(=O)CCCCCCC/C=C\C/C=C\CCCCCC)OC(=O)CCCCCCCCCCC/C=C\C/C=C\CCCCCCC. The Bertz CT molecular complexity index is 1620. The minimum Gasteiger partial charge on any atom is -0.462 e. The lowest BCUT2D eigenvalue weighted by Crippen LogP contribution is -2.30. The fourth-order valence-corrected chi connectivity index (χ4v) is 8.80. The van der Waals surface area contributed by atoms with E-state index in [1.807, 2.05) is 0 Å². The molecule has 0 fully saturated rings. The van der Waals surface area contributed by atoms with Crippen molar-refractivity contribution < 1.29 is 28.6 Å². The van der Waals surface area contributed by atoms with Gasteiger partial charge >= 0.3 is 17.9 Å². The number of hydrogen-bond acceptors (Lipinski definition) is 6. The van der Waals surface area contributed by atoms with Crippen LogP contribution in [0.3, 0.4) is 0 Å². The monoisotopic (exact) mass is 1080 g/mol. The van der Waals surface area contributed by atoms with E-state index in [2.05, 4.69) is 142 Å². The summed E-state index contributed by atoms with van der Waals surface area (Å²) >= 11 is 0. The summed E-state index contributed by atoms with van der Waals surface area (Å²) in [6.07, 6.45) is 90.5.